The maximum Gasteiger partial charge on any atom is 0.343 e. The van der Waals surface area contributed by atoms with Crippen LogP contribution in [-0.4, -0.2) is 32.8 Å². The number of ether oxygens (including phenoxy) is 3. The quantitative estimate of drug-likeness (QED) is 0.738. The molecule has 0 amide bonds. The van der Waals surface area contributed by atoms with Crippen molar-refractivity contribution in [2.45, 2.75) is 13.3 Å². The first-order valence-corrected chi connectivity index (χ1v) is 5.87. The maximum absolute atomic E-state index is 11.1. The fraction of sp³-hybridized carbons (Fsp3) is 0.462. The zero-order valence-corrected chi connectivity index (χ0v) is 10.8. The van der Waals surface area contributed by atoms with Gasteiger partial charge in [-0.15, -0.1) is 0 Å². The van der Waals surface area contributed by atoms with E-state index in [9.17, 15) is 4.79 Å². The Balaban J connectivity index is 2.90. The molecule has 18 heavy (non-hydrogen) atoms. The number of methoxy groups -OCH3 is 1. The SMILES string of the molecule is CCOc1cccc(CCN)c1OCC(=O)OC. The Bertz CT molecular complexity index is 368. The molecule has 0 aliphatic carbocycles. The van der Waals surface area contributed by atoms with Crippen LogP contribution in [0.2, 0.25) is 0 Å². The molecule has 0 saturated carbocycles. The summed E-state index contributed by atoms with van der Waals surface area (Å²) in [6.45, 7) is 2.78. The highest BCUT2D eigenvalue weighted by atomic mass is 16.6. The van der Waals surface area contributed by atoms with E-state index in [1.165, 1.54) is 7.11 Å². The van der Waals surface area contributed by atoms with E-state index < -0.39 is 5.97 Å². The van der Waals surface area contributed by atoms with E-state index in [1.807, 2.05) is 19.1 Å². The highest BCUT2D eigenvalue weighted by molar-refractivity contribution is 5.71. The number of esters is 1. The fourth-order valence-corrected chi connectivity index (χ4v) is 1.54. The fourth-order valence-electron chi connectivity index (χ4n) is 1.54. The van der Waals surface area contributed by atoms with Gasteiger partial charge in [0.1, 0.15) is 0 Å². The van der Waals surface area contributed by atoms with Crippen molar-refractivity contribution in [3.63, 3.8) is 0 Å². The predicted octanol–water partition coefficient (Wildman–Crippen LogP) is 1.14. The van der Waals surface area contributed by atoms with Crippen LogP contribution in [0, 0.1) is 0 Å². The topological polar surface area (TPSA) is 70.8 Å². The molecule has 1 aromatic carbocycles. The Kier molecular flexibility index (Phi) is 6.00. The number of benzene rings is 1. The van der Waals surface area contributed by atoms with E-state index in [2.05, 4.69) is 4.74 Å². The van der Waals surface area contributed by atoms with Crippen LogP contribution in [0.1, 0.15) is 12.5 Å². The molecular weight excluding hydrogens is 234 g/mol. The summed E-state index contributed by atoms with van der Waals surface area (Å²) in [5.74, 6) is 0.752. The second kappa shape index (κ2) is 7.55. The number of carbonyl (C=O) groups excluding carboxylic acids is 1. The van der Waals surface area contributed by atoms with Crippen LogP contribution < -0.4 is 15.2 Å². The summed E-state index contributed by atoms with van der Waals surface area (Å²) in [6, 6.07) is 5.58. The zero-order valence-electron chi connectivity index (χ0n) is 10.8. The molecule has 0 saturated heterocycles. The third kappa shape index (κ3) is 3.92. The minimum atomic E-state index is -0.431. The summed E-state index contributed by atoms with van der Waals surface area (Å²) in [6.07, 6.45) is 0.664. The van der Waals surface area contributed by atoms with Gasteiger partial charge in [-0.3, -0.25) is 0 Å². The summed E-state index contributed by atoms with van der Waals surface area (Å²) >= 11 is 0. The van der Waals surface area contributed by atoms with Crippen molar-refractivity contribution < 1.29 is 19.0 Å². The first-order chi connectivity index (χ1) is 8.72. The minimum absolute atomic E-state index is 0.141. The van der Waals surface area contributed by atoms with Gasteiger partial charge < -0.3 is 19.9 Å². The summed E-state index contributed by atoms with van der Waals surface area (Å²) in [5.41, 5.74) is 6.47. The molecule has 0 heterocycles. The number of rotatable bonds is 7. The van der Waals surface area contributed by atoms with E-state index in [0.717, 1.165) is 5.56 Å². The van der Waals surface area contributed by atoms with Crippen LogP contribution in [-0.2, 0) is 16.0 Å². The average Bonchev–Trinajstić information content (AvgIpc) is 2.38. The van der Waals surface area contributed by atoms with Gasteiger partial charge in [0.15, 0.2) is 18.1 Å². The lowest BCUT2D eigenvalue weighted by Gasteiger charge is -2.14. The Morgan fingerprint density at radius 3 is 2.72 bits per heavy atom. The summed E-state index contributed by atoms with van der Waals surface area (Å²) in [7, 11) is 1.32. The van der Waals surface area contributed by atoms with Crippen LogP contribution >= 0.6 is 0 Å². The first kappa shape index (κ1) is 14.3. The van der Waals surface area contributed by atoms with Crippen molar-refractivity contribution in [3.8, 4) is 11.5 Å². The standard InChI is InChI=1S/C13H19NO4/c1-3-17-11-6-4-5-10(7-8-14)13(11)18-9-12(15)16-2/h4-6H,3,7-9,14H2,1-2H3. The molecule has 0 aromatic heterocycles. The second-order valence-electron chi connectivity index (χ2n) is 3.58. The number of hydrogen-bond acceptors (Lipinski definition) is 5. The summed E-state index contributed by atoms with van der Waals surface area (Å²) in [5, 5.41) is 0. The van der Waals surface area contributed by atoms with Crippen molar-refractivity contribution in [1.29, 1.82) is 0 Å². The molecule has 0 radical (unpaired) electrons. The number of carbonyl (C=O) groups is 1. The van der Waals surface area contributed by atoms with Gasteiger partial charge >= 0.3 is 5.97 Å². The molecule has 0 unspecified atom stereocenters. The van der Waals surface area contributed by atoms with Crippen LogP contribution in [0.15, 0.2) is 18.2 Å². The number of hydrogen-bond donors (Lipinski definition) is 1. The molecule has 0 fully saturated rings. The van der Waals surface area contributed by atoms with E-state index in [1.54, 1.807) is 6.07 Å². The molecule has 0 spiro atoms. The minimum Gasteiger partial charge on any atom is -0.490 e. The van der Waals surface area contributed by atoms with Crippen LogP contribution in [0.5, 0.6) is 11.5 Å². The van der Waals surface area contributed by atoms with Crippen LogP contribution in [0.4, 0.5) is 0 Å². The van der Waals surface area contributed by atoms with E-state index in [0.29, 0.717) is 31.1 Å². The Hall–Kier alpha value is -1.75. The van der Waals surface area contributed by atoms with E-state index in [-0.39, 0.29) is 6.61 Å². The largest absolute Gasteiger partial charge is 0.490 e. The predicted molar refractivity (Wildman–Crippen MR) is 67.9 cm³/mol. The highest BCUT2D eigenvalue weighted by Gasteiger charge is 2.12. The second-order valence-corrected chi connectivity index (χ2v) is 3.58. The third-order valence-electron chi connectivity index (χ3n) is 2.34. The van der Waals surface area contributed by atoms with E-state index >= 15 is 0 Å². The Morgan fingerprint density at radius 2 is 2.11 bits per heavy atom. The molecule has 1 rings (SSSR count). The normalized spacial score (nSPS) is 9.94. The molecule has 0 aliphatic heterocycles. The zero-order chi connectivity index (χ0) is 13.4. The van der Waals surface area contributed by atoms with Crippen molar-refractivity contribution in [2.24, 2.45) is 5.73 Å². The maximum atomic E-state index is 11.1. The lowest BCUT2D eigenvalue weighted by molar-refractivity contribution is -0.142. The summed E-state index contributed by atoms with van der Waals surface area (Å²) < 4.78 is 15.5. The average molecular weight is 253 g/mol. The number of nitrogens with two attached hydrogens (primary N) is 1. The van der Waals surface area contributed by atoms with Crippen LogP contribution in [0.3, 0.4) is 0 Å². The molecular formula is C13H19NO4. The van der Waals surface area contributed by atoms with Crippen molar-refractivity contribution in [1.82, 2.24) is 0 Å². The van der Waals surface area contributed by atoms with Gasteiger partial charge in [-0.1, -0.05) is 12.1 Å². The van der Waals surface area contributed by atoms with Crippen molar-refractivity contribution >= 4 is 5.97 Å². The smallest absolute Gasteiger partial charge is 0.343 e. The van der Waals surface area contributed by atoms with Crippen LogP contribution in [0.25, 0.3) is 0 Å². The molecule has 0 atom stereocenters. The van der Waals surface area contributed by atoms with Gasteiger partial charge in [0.05, 0.1) is 13.7 Å². The van der Waals surface area contributed by atoms with Crippen molar-refractivity contribution in [2.75, 3.05) is 26.9 Å². The number of para-hydroxylation sites is 1. The molecule has 0 aliphatic rings. The summed E-state index contributed by atoms with van der Waals surface area (Å²) in [4.78, 5) is 11.1. The Labute approximate surface area is 107 Å². The Morgan fingerprint density at radius 1 is 1.33 bits per heavy atom. The van der Waals surface area contributed by atoms with Gasteiger partial charge in [0.25, 0.3) is 0 Å². The van der Waals surface area contributed by atoms with Gasteiger partial charge in [-0.05, 0) is 31.5 Å². The van der Waals surface area contributed by atoms with E-state index in [4.69, 9.17) is 15.2 Å². The monoisotopic (exact) mass is 253 g/mol. The van der Waals surface area contributed by atoms with Gasteiger partial charge in [-0.2, -0.15) is 0 Å². The molecule has 0 bridgehead atoms. The molecule has 1 aromatic rings. The molecule has 2 N–H and O–H groups in total. The lowest BCUT2D eigenvalue weighted by atomic mass is 10.1. The lowest BCUT2D eigenvalue weighted by Crippen LogP contribution is -2.15. The van der Waals surface area contributed by atoms with Crippen molar-refractivity contribution in [3.05, 3.63) is 23.8 Å². The molecule has 5 nitrogen and oxygen atoms in total. The van der Waals surface area contributed by atoms with Gasteiger partial charge in [-0.25, -0.2) is 4.79 Å². The molecule has 100 valence electrons. The highest BCUT2D eigenvalue weighted by Crippen LogP contribution is 2.31. The first-order valence-electron chi connectivity index (χ1n) is 5.87. The molecule has 5 heteroatoms. The van der Waals surface area contributed by atoms with Gasteiger partial charge in [0.2, 0.25) is 0 Å². The third-order valence-corrected chi connectivity index (χ3v) is 2.34. The van der Waals surface area contributed by atoms with Gasteiger partial charge in [0, 0.05) is 0 Å².